The smallest absolute Gasteiger partial charge is 0.312 e. The molecule has 1 aliphatic rings. The van der Waals surface area contributed by atoms with Gasteiger partial charge >= 0.3 is 5.97 Å². The average Bonchev–Trinajstić information content (AvgIpc) is 2.88. The maximum absolute atomic E-state index is 12.3. The van der Waals surface area contributed by atoms with Crippen LogP contribution in [0.3, 0.4) is 0 Å². The zero-order valence-electron chi connectivity index (χ0n) is 15.3. The summed E-state index contributed by atoms with van der Waals surface area (Å²) in [5.41, 5.74) is 2.26. The van der Waals surface area contributed by atoms with Gasteiger partial charge in [-0.3, -0.25) is 4.79 Å². The molecule has 0 atom stereocenters. The van der Waals surface area contributed by atoms with E-state index in [0.717, 1.165) is 12.8 Å². The second-order valence-electron chi connectivity index (χ2n) is 7.52. The van der Waals surface area contributed by atoms with E-state index in [1.807, 2.05) is 27.7 Å². The van der Waals surface area contributed by atoms with Gasteiger partial charge in [0.05, 0.1) is 12.0 Å². The van der Waals surface area contributed by atoms with Crippen molar-refractivity contribution < 1.29 is 9.53 Å². The number of carbonyl (C=O) groups excluding carboxylic acids is 1. The van der Waals surface area contributed by atoms with Crippen LogP contribution in [0.2, 0.25) is 0 Å². The quantitative estimate of drug-likeness (QED) is 0.731. The molecule has 0 amide bonds. The second-order valence-corrected chi connectivity index (χ2v) is 7.52. The lowest BCUT2D eigenvalue weighted by Gasteiger charge is -2.36. The summed E-state index contributed by atoms with van der Waals surface area (Å²) in [6, 6.07) is 8.51. The number of hydrogen-bond acceptors (Lipinski definition) is 2. The molecule has 1 aromatic rings. The molecule has 22 heavy (non-hydrogen) atoms. The van der Waals surface area contributed by atoms with Gasteiger partial charge in [-0.25, -0.2) is 0 Å². The number of esters is 1. The molecule has 0 N–H and O–H groups in total. The number of fused-ring (bicyclic) bond motifs is 1. The molecule has 0 spiro atoms. The molecule has 0 aliphatic heterocycles. The molecule has 0 radical (unpaired) electrons. The fraction of sp³-hybridized carbons (Fsp3) is 0.650. The van der Waals surface area contributed by atoms with Gasteiger partial charge in [-0.15, -0.1) is 0 Å². The molecule has 2 heteroatoms. The van der Waals surface area contributed by atoms with Gasteiger partial charge in [0, 0.05) is 5.92 Å². The van der Waals surface area contributed by atoms with Crippen LogP contribution in [-0.4, -0.2) is 12.6 Å². The van der Waals surface area contributed by atoms with Gasteiger partial charge in [0.15, 0.2) is 0 Å². The second kappa shape index (κ2) is 7.30. The Morgan fingerprint density at radius 1 is 1.05 bits per heavy atom. The van der Waals surface area contributed by atoms with Gasteiger partial charge in [0.1, 0.15) is 0 Å². The van der Waals surface area contributed by atoms with Gasteiger partial charge < -0.3 is 4.74 Å². The van der Waals surface area contributed by atoms with Gasteiger partial charge in [0.2, 0.25) is 0 Å². The molecule has 1 aromatic carbocycles. The molecule has 2 nitrogen and oxygen atoms in total. The Labute approximate surface area is 136 Å². The number of benzene rings is 1. The van der Waals surface area contributed by atoms with Gasteiger partial charge in [-0.05, 0) is 43.2 Å². The lowest BCUT2D eigenvalue weighted by molar-refractivity contribution is -0.161. The van der Waals surface area contributed by atoms with Crippen molar-refractivity contribution in [2.75, 3.05) is 6.61 Å². The molecule has 0 fully saturated rings. The highest BCUT2D eigenvalue weighted by Gasteiger charge is 2.41. The van der Waals surface area contributed by atoms with Crippen LogP contribution in [0.25, 0.3) is 0 Å². The molecule has 2 rings (SSSR count). The molecule has 0 heterocycles. The van der Waals surface area contributed by atoms with Crippen molar-refractivity contribution in [3.63, 3.8) is 0 Å². The van der Waals surface area contributed by atoms with E-state index in [2.05, 4.69) is 45.0 Å². The van der Waals surface area contributed by atoms with Crippen molar-refractivity contribution >= 4 is 5.97 Å². The Balaban J connectivity index is 0.00000116. The minimum absolute atomic E-state index is 0.0824. The lowest BCUT2D eigenvalue weighted by atomic mass is 9.69. The lowest BCUT2D eigenvalue weighted by Crippen LogP contribution is -2.39. The fourth-order valence-corrected chi connectivity index (χ4v) is 2.45. The maximum atomic E-state index is 12.3. The molecule has 0 saturated carbocycles. The minimum Gasteiger partial charge on any atom is -0.465 e. The fourth-order valence-electron chi connectivity index (χ4n) is 2.45. The topological polar surface area (TPSA) is 26.3 Å². The van der Waals surface area contributed by atoms with Crippen molar-refractivity contribution in [3.8, 4) is 0 Å². The Hall–Kier alpha value is -1.31. The zero-order chi connectivity index (χ0) is 17.0. The molecule has 0 aromatic heterocycles. The summed E-state index contributed by atoms with van der Waals surface area (Å²) in [6.45, 7) is 14.7. The summed E-state index contributed by atoms with van der Waals surface area (Å²) in [7, 11) is 0. The SMILES string of the molecule is CC.CC(C)(C)C(C)(C)C(=O)OCC1Cc2ccccc2C1. The first-order valence-electron chi connectivity index (χ1n) is 8.46. The van der Waals surface area contributed by atoms with E-state index < -0.39 is 5.41 Å². The van der Waals surface area contributed by atoms with Crippen LogP contribution >= 0.6 is 0 Å². The van der Waals surface area contributed by atoms with Crippen LogP contribution in [-0.2, 0) is 22.4 Å². The summed E-state index contributed by atoms with van der Waals surface area (Å²) >= 11 is 0. The average molecular weight is 304 g/mol. The van der Waals surface area contributed by atoms with Crippen LogP contribution in [0, 0.1) is 16.7 Å². The van der Waals surface area contributed by atoms with Crippen LogP contribution in [0.1, 0.15) is 59.6 Å². The van der Waals surface area contributed by atoms with Gasteiger partial charge in [0.25, 0.3) is 0 Å². The molecule has 0 saturated heterocycles. The summed E-state index contributed by atoms with van der Waals surface area (Å²) in [6.07, 6.45) is 2.05. The number of ether oxygens (including phenoxy) is 1. The third-order valence-corrected chi connectivity index (χ3v) is 4.97. The molecule has 0 bridgehead atoms. The van der Waals surface area contributed by atoms with Gasteiger partial charge in [-0.1, -0.05) is 58.9 Å². The molecular weight excluding hydrogens is 272 g/mol. The predicted molar refractivity (Wildman–Crippen MR) is 92.9 cm³/mol. The van der Waals surface area contributed by atoms with Crippen molar-refractivity contribution in [1.82, 2.24) is 0 Å². The normalized spacial score (nSPS) is 14.9. The van der Waals surface area contributed by atoms with Crippen molar-refractivity contribution in [2.45, 2.75) is 61.3 Å². The molecule has 1 aliphatic carbocycles. The first-order valence-corrected chi connectivity index (χ1v) is 8.46. The van der Waals surface area contributed by atoms with E-state index in [1.165, 1.54) is 11.1 Å². The van der Waals surface area contributed by atoms with Crippen molar-refractivity contribution in [1.29, 1.82) is 0 Å². The van der Waals surface area contributed by atoms with E-state index in [1.54, 1.807) is 0 Å². The van der Waals surface area contributed by atoms with E-state index in [0.29, 0.717) is 12.5 Å². The highest BCUT2D eigenvalue weighted by atomic mass is 16.5. The first kappa shape index (κ1) is 18.7. The minimum atomic E-state index is -0.460. The Bertz CT molecular complexity index is 470. The van der Waals surface area contributed by atoms with Crippen LogP contribution in [0.15, 0.2) is 24.3 Å². The van der Waals surface area contributed by atoms with E-state index in [4.69, 9.17) is 4.74 Å². The van der Waals surface area contributed by atoms with Crippen molar-refractivity contribution in [3.05, 3.63) is 35.4 Å². The van der Waals surface area contributed by atoms with E-state index in [-0.39, 0.29) is 11.4 Å². The summed E-state index contributed by atoms with van der Waals surface area (Å²) < 4.78 is 5.61. The molecule has 0 unspecified atom stereocenters. The van der Waals surface area contributed by atoms with Crippen LogP contribution < -0.4 is 0 Å². The molecular formula is C20H32O2. The monoisotopic (exact) mass is 304 g/mol. The van der Waals surface area contributed by atoms with Crippen LogP contribution in [0.5, 0.6) is 0 Å². The number of hydrogen-bond donors (Lipinski definition) is 0. The van der Waals surface area contributed by atoms with E-state index in [9.17, 15) is 4.79 Å². The highest BCUT2D eigenvalue weighted by molar-refractivity contribution is 5.76. The summed E-state index contributed by atoms with van der Waals surface area (Å²) in [4.78, 5) is 12.3. The third-order valence-electron chi connectivity index (χ3n) is 4.97. The predicted octanol–water partition coefficient (Wildman–Crippen LogP) is 5.04. The van der Waals surface area contributed by atoms with Crippen LogP contribution in [0.4, 0.5) is 0 Å². The summed E-state index contributed by atoms with van der Waals surface area (Å²) in [5, 5.41) is 0. The Morgan fingerprint density at radius 3 is 1.91 bits per heavy atom. The van der Waals surface area contributed by atoms with Crippen molar-refractivity contribution in [2.24, 2.45) is 16.7 Å². The largest absolute Gasteiger partial charge is 0.465 e. The Kier molecular flexibility index (Phi) is 6.22. The standard InChI is InChI=1S/C18H26O2.C2H6/c1-17(2,3)18(4,5)16(19)20-12-13-10-14-8-6-7-9-15(14)11-13;1-2/h6-9,13H,10-12H2,1-5H3;1-2H3. The maximum Gasteiger partial charge on any atom is 0.312 e. The zero-order valence-corrected chi connectivity index (χ0v) is 15.3. The molecule has 124 valence electrons. The van der Waals surface area contributed by atoms with E-state index >= 15 is 0 Å². The number of rotatable bonds is 3. The first-order chi connectivity index (χ1) is 10.2. The Morgan fingerprint density at radius 2 is 1.50 bits per heavy atom. The van der Waals surface area contributed by atoms with Gasteiger partial charge in [-0.2, -0.15) is 0 Å². The highest BCUT2D eigenvalue weighted by Crippen LogP contribution is 2.39. The summed E-state index contributed by atoms with van der Waals surface area (Å²) in [5.74, 6) is 0.355. The third kappa shape index (κ3) is 4.12. The number of carbonyl (C=O) groups is 1.